The van der Waals surface area contributed by atoms with E-state index in [1.54, 1.807) is 6.07 Å². The smallest absolute Gasteiger partial charge is 0.123 e. The van der Waals surface area contributed by atoms with E-state index >= 15 is 0 Å². The van der Waals surface area contributed by atoms with E-state index in [2.05, 4.69) is 4.98 Å². The number of anilines is 1. The lowest BCUT2D eigenvalue weighted by atomic mass is 10.1. The second kappa shape index (κ2) is 5.30. The number of nitrogens with zero attached hydrogens (tertiary/aromatic N) is 4. The Morgan fingerprint density at radius 3 is 2.67 bits per heavy atom. The van der Waals surface area contributed by atoms with Gasteiger partial charge in [-0.1, -0.05) is 12.1 Å². The molecular weight excluding hydrogens is 303 g/mol. The summed E-state index contributed by atoms with van der Waals surface area (Å²) in [6.07, 6.45) is 1.81. The first kappa shape index (κ1) is 14.6. The van der Waals surface area contributed by atoms with E-state index in [9.17, 15) is 4.39 Å². The van der Waals surface area contributed by atoms with E-state index < -0.39 is 0 Å². The summed E-state index contributed by atoms with van der Waals surface area (Å²) in [5.74, 6) is -0.263. The van der Waals surface area contributed by atoms with Crippen LogP contribution in [0.25, 0.3) is 33.2 Å². The van der Waals surface area contributed by atoms with E-state index in [4.69, 9.17) is 4.98 Å². The molecule has 0 amide bonds. The Bertz CT molecular complexity index is 1070. The monoisotopic (exact) mass is 320 g/mol. The average molecular weight is 320 g/mol. The van der Waals surface area contributed by atoms with Crippen molar-refractivity contribution in [2.75, 3.05) is 19.0 Å². The van der Waals surface area contributed by atoms with Crippen molar-refractivity contribution in [3.8, 4) is 11.3 Å². The molecule has 0 spiro atoms. The third kappa shape index (κ3) is 2.21. The Labute approximate surface area is 139 Å². The maximum Gasteiger partial charge on any atom is 0.123 e. The van der Waals surface area contributed by atoms with Crippen LogP contribution in [-0.2, 0) is 7.05 Å². The van der Waals surface area contributed by atoms with Gasteiger partial charge >= 0.3 is 0 Å². The first-order chi connectivity index (χ1) is 11.5. The molecule has 0 fully saturated rings. The first-order valence-corrected chi connectivity index (χ1v) is 7.72. The molecule has 4 rings (SSSR count). The van der Waals surface area contributed by atoms with Gasteiger partial charge in [0.05, 0.1) is 39.6 Å². The van der Waals surface area contributed by atoms with Crippen molar-refractivity contribution in [2.24, 2.45) is 7.05 Å². The molecule has 2 heterocycles. The molecular formula is C19H17FN4. The van der Waals surface area contributed by atoms with Gasteiger partial charge in [-0.15, -0.1) is 0 Å². The molecule has 4 nitrogen and oxygen atoms in total. The van der Waals surface area contributed by atoms with Gasteiger partial charge in [-0.3, -0.25) is 0 Å². The van der Waals surface area contributed by atoms with Gasteiger partial charge in [0.25, 0.3) is 0 Å². The van der Waals surface area contributed by atoms with Crippen molar-refractivity contribution >= 4 is 27.6 Å². The summed E-state index contributed by atoms with van der Waals surface area (Å²) in [6, 6.07) is 12.5. The zero-order valence-corrected chi connectivity index (χ0v) is 13.8. The molecule has 0 atom stereocenters. The van der Waals surface area contributed by atoms with E-state index in [-0.39, 0.29) is 5.82 Å². The standard InChI is InChI=1S/C19H17FN4/c1-23(2)17-10-15(12-5-4-6-13(20)9-12)22-14-7-8-16-19(18(14)17)21-11-24(16)3/h4-11H,1-3H3. The molecule has 2 aromatic heterocycles. The molecule has 0 bridgehead atoms. The first-order valence-electron chi connectivity index (χ1n) is 7.72. The van der Waals surface area contributed by atoms with Crippen LogP contribution >= 0.6 is 0 Å². The number of rotatable bonds is 2. The Hall–Kier alpha value is -2.95. The number of hydrogen-bond acceptors (Lipinski definition) is 3. The van der Waals surface area contributed by atoms with Gasteiger partial charge in [0.2, 0.25) is 0 Å². The maximum absolute atomic E-state index is 13.6. The molecule has 0 aliphatic rings. The van der Waals surface area contributed by atoms with Crippen molar-refractivity contribution < 1.29 is 4.39 Å². The average Bonchev–Trinajstić information content (AvgIpc) is 2.95. The van der Waals surface area contributed by atoms with Crippen LogP contribution in [0.1, 0.15) is 0 Å². The number of benzene rings is 2. The van der Waals surface area contributed by atoms with E-state index in [0.29, 0.717) is 0 Å². The van der Waals surface area contributed by atoms with Gasteiger partial charge in [0, 0.05) is 26.7 Å². The van der Waals surface area contributed by atoms with Crippen LogP contribution in [0.3, 0.4) is 0 Å². The highest BCUT2D eigenvalue weighted by molar-refractivity contribution is 6.10. The predicted molar refractivity (Wildman–Crippen MR) is 95.7 cm³/mol. The summed E-state index contributed by atoms with van der Waals surface area (Å²) in [7, 11) is 5.96. The van der Waals surface area contributed by atoms with Gasteiger partial charge in [-0.25, -0.2) is 14.4 Å². The molecule has 120 valence electrons. The number of hydrogen-bond donors (Lipinski definition) is 0. The Morgan fingerprint density at radius 1 is 1.08 bits per heavy atom. The summed E-state index contributed by atoms with van der Waals surface area (Å²) in [5, 5.41) is 1.01. The van der Waals surface area contributed by atoms with Crippen LogP contribution < -0.4 is 4.90 Å². The summed E-state index contributed by atoms with van der Waals surface area (Å²) < 4.78 is 15.6. The minimum atomic E-state index is -0.263. The van der Waals surface area contributed by atoms with Crippen molar-refractivity contribution in [1.29, 1.82) is 0 Å². The zero-order chi connectivity index (χ0) is 16.8. The van der Waals surface area contributed by atoms with E-state index in [1.165, 1.54) is 12.1 Å². The molecule has 0 aliphatic heterocycles. The highest BCUT2D eigenvalue weighted by atomic mass is 19.1. The third-order valence-electron chi connectivity index (χ3n) is 4.25. The second-order valence-electron chi connectivity index (χ2n) is 6.11. The Kier molecular flexibility index (Phi) is 3.23. The largest absolute Gasteiger partial charge is 0.377 e. The van der Waals surface area contributed by atoms with Crippen LogP contribution in [-0.4, -0.2) is 28.6 Å². The molecule has 4 aromatic rings. The molecule has 0 saturated heterocycles. The van der Waals surface area contributed by atoms with Crippen molar-refractivity contribution in [3.05, 3.63) is 54.6 Å². The van der Waals surface area contributed by atoms with Gasteiger partial charge in [-0.2, -0.15) is 0 Å². The third-order valence-corrected chi connectivity index (χ3v) is 4.25. The summed E-state index contributed by atoms with van der Waals surface area (Å²) in [6.45, 7) is 0. The van der Waals surface area contributed by atoms with Gasteiger partial charge in [-0.05, 0) is 30.3 Å². The molecule has 0 unspecified atom stereocenters. The van der Waals surface area contributed by atoms with E-state index in [1.807, 2.05) is 61.2 Å². The minimum Gasteiger partial charge on any atom is -0.377 e. The number of fused-ring (bicyclic) bond motifs is 3. The fourth-order valence-corrected chi connectivity index (χ4v) is 3.05. The van der Waals surface area contributed by atoms with Crippen LogP contribution in [0.4, 0.5) is 10.1 Å². The molecule has 5 heteroatoms. The highest BCUT2D eigenvalue weighted by Gasteiger charge is 2.14. The number of pyridine rings is 1. The molecule has 2 aromatic carbocycles. The maximum atomic E-state index is 13.6. The fourth-order valence-electron chi connectivity index (χ4n) is 3.05. The lowest BCUT2D eigenvalue weighted by molar-refractivity contribution is 0.628. The Balaban J connectivity index is 2.08. The quantitative estimate of drug-likeness (QED) is 0.560. The molecule has 24 heavy (non-hydrogen) atoms. The van der Waals surface area contributed by atoms with Crippen molar-refractivity contribution in [1.82, 2.24) is 14.5 Å². The van der Waals surface area contributed by atoms with Gasteiger partial charge < -0.3 is 9.47 Å². The summed E-state index contributed by atoms with van der Waals surface area (Å²) in [5.41, 5.74) is 5.38. The Morgan fingerprint density at radius 2 is 1.92 bits per heavy atom. The lowest BCUT2D eigenvalue weighted by Crippen LogP contribution is -2.10. The molecule has 0 radical (unpaired) electrons. The predicted octanol–water partition coefficient (Wildman–Crippen LogP) is 3.99. The number of aromatic nitrogens is 3. The number of aryl methyl sites for hydroxylation is 1. The summed E-state index contributed by atoms with van der Waals surface area (Å²) >= 11 is 0. The van der Waals surface area contributed by atoms with Crippen molar-refractivity contribution in [2.45, 2.75) is 0 Å². The minimum absolute atomic E-state index is 0.263. The van der Waals surface area contributed by atoms with Crippen LogP contribution in [0.2, 0.25) is 0 Å². The van der Waals surface area contributed by atoms with Gasteiger partial charge in [0.1, 0.15) is 5.82 Å². The number of halogens is 1. The van der Waals surface area contributed by atoms with Crippen LogP contribution in [0.15, 0.2) is 48.8 Å². The highest BCUT2D eigenvalue weighted by Crippen LogP contribution is 2.34. The van der Waals surface area contributed by atoms with Crippen LogP contribution in [0.5, 0.6) is 0 Å². The molecule has 0 aliphatic carbocycles. The van der Waals surface area contributed by atoms with Crippen LogP contribution in [0, 0.1) is 5.82 Å². The zero-order valence-electron chi connectivity index (χ0n) is 13.8. The van der Waals surface area contributed by atoms with Crippen molar-refractivity contribution in [3.63, 3.8) is 0 Å². The topological polar surface area (TPSA) is 34.0 Å². The summed E-state index contributed by atoms with van der Waals surface area (Å²) in [4.78, 5) is 11.3. The van der Waals surface area contributed by atoms with Gasteiger partial charge in [0.15, 0.2) is 0 Å². The second-order valence-corrected chi connectivity index (χ2v) is 6.11. The normalized spacial score (nSPS) is 11.3. The molecule has 0 N–H and O–H groups in total. The lowest BCUT2D eigenvalue weighted by Gasteiger charge is -2.17. The fraction of sp³-hybridized carbons (Fsp3) is 0.158. The molecule has 0 saturated carbocycles. The van der Waals surface area contributed by atoms with E-state index in [0.717, 1.165) is 38.9 Å². The SMILES string of the molecule is CN(C)c1cc(-c2cccc(F)c2)nc2ccc3c(ncn3C)c12. The number of imidazole rings is 1.